The molecule has 0 heterocycles. The van der Waals surface area contributed by atoms with Crippen molar-refractivity contribution in [3.8, 4) is 0 Å². The van der Waals surface area contributed by atoms with Gasteiger partial charge in [0.05, 0.1) is 5.56 Å². The van der Waals surface area contributed by atoms with Crippen LogP contribution in [0, 0.1) is 0 Å². The lowest BCUT2D eigenvalue weighted by molar-refractivity contribution is -0.112. The van der Waals surface area contributed by atoms with Crippen molar-refractivity contribution in [2.45, 2.75) is 13.8 Å². The van der Waals surface area contributed by atoms with Crippen LogP contribution in [0.3, 0.4) is 0 Å². The summed E-state index contributed by atoms with van der Waals surface area (Å²) in [5.41, 5.74) is 1.70. The Labute approximate surface area is 93.6 Å². The molecule has 0 aromatic heterocycles. The molecule has 0 aliphatic heterocycles. The molecule has 0 saturated carbocycles. The number of carbonyl (C=O) groups excluding carboxylic acids is 1. The molecule has 0 radical (unpaired) electrons. The summed E-state index contributed by atoms with van der Waals surface area (Å²) in [5.74, 6) is -0.991. The van der Waals surface area contributed by atoms with E-state index in [0.717, 1.165) is 11.4 Å². The molecule has 0 atom stereocenters. The summed E-state index contributed by atoms with van der Waals surface area (Å²) in [6.45, 7) is 3.24. The van der Waals surface area contributed by atoms with Crippen molar-refractivity contribution in [2.75, 3.05) is 5.32 Å². The summed E-state index contributed by atoms with van der Waals surface area (Å²) >= 11 is 0. The number of ketones is 1. The van der Waals surface area contributed by atoms with Gasteiger partial charge in [0.15, 0.2) is 5.78 Å². The fourth-order valence-electron chi connectivity index (χ4n) is 1.26. The van der Waals surface area contributed by atoms with Gasteiger partial charge in [-0.3, -0.25) is 4.79 Å². The molecule has 0 unspecified atom stereocenters. The molecule has 4 nitrogen and oxygen atoms in total. The van der Waals surface area contributed by atoms with Gasteiger partial charge < -0.3 is 10.4 Å². The highest BCUT2D eigenvalue weighted by atomic mass is 16.4. The summed E-state index contributed by atoms with van der Waals surface area (Å²) < 4.78 is 0. The fourth-order valence-corrected chi connectivity index (χ4v) is 1.26. The van der Waals surface area contributed by atoms with Crippen LogP contribution in [0.5, 0.6) is 0 Å². The van der Waals surface area contributed by atoms with E-state index in [9.17, 15) is 9.59 Å². The van der Waals surface area contributed by atoms with Crippen molar-refractivity contribution in [3.63, 3.8) is 0 Å². The van der Waals surface area contributed by atoms with Gasteiger partial charge in [0, 0.05) is 11.4 Å². The van der Waals surface area contributed by atoms with Crippen LogP contribution in [0.2, 0.25) is 0 Å². The zero-order chi connectivity index (χ0) is 12.1. The average Bonchev–Trinajstić information content (AvgIpc) is 2.16. The monoisotopic (exact) mass is 219 g/mol. The van der Waals surface area contributed by atoms with Crippen LogP contribution < -0.4 is 5.32 Å². The Bertz CT molecular complexity index is 432. The second kappa shape index (κ2) is 5.11. The quantitative estimate of drug-likeness (QED) is 0.762. The van der Waals surface area contributed by atoms with Crippen LogP contribution >= 0.6 is 0 Å². The van der Waals surface area contributed by atoms with Crippen LogP contribution in [0.25, 0.3) is 0 Å². The number of aromatic carboxylic acids is 1. The highest BCUT2D eigenvalue weighted by molar-refractivity contribution is 5.89. The predicted molar refractivity (Wildman–Crippen MR) is 61.5 cm³/mol. The van der Waals surface area contributed by atoms with Crippen molar-refractivity contribution in [1.82, 2.24) is 0 Å². The minimum atomic E-state index is -0.956. The number of carboxylic acid groups (broad SMARTS) is 1. The smallest absolute Gasteiger partial charge is 0.335 e. The Morgan fingerprint density at radius 3 is 2.19 bits per heavy atom. The van der Waals surface area contributed by atoms with Crippen molar-refractivity contribution in [3.05, 3.63) is 41.6 Å². The Morgan fingerprint density at radius 1 is 1.19 bits per heavy atom. The fraction of sp³-hybridized carbons (Fsp3) is 0.167. The lowest BCUT2D eigenvalue weighted by Gasteiger charge is -2.06. The number of benzene rings is 1. The van der Waals surface area contributed by atoms with E-state index < -0.39 is 5.97 Å². The molecule has 0 amide bonds. The number of carbonyl (C=O) groups is 2. The highest BCUT2D eigenvalue weighted by Crippen LogP contribution is 2.11. The van der Waals surface area contributed by atoms with Gasteiger partial charge in [-0.1, -0.05) is 0 Å². The number of carboxylic acids is 1. The summed E-state index contributed by atoms with van der Waals surface area (Å²) in [7, 11) is 0. The average molecular weight is 219 g/mol. The minimum absolute atomic E-state index is 0.0350. The third-order valence-corrected chi connectivity index (χ3v) is 1.89. The first-order chi connectivity index (χ1) is 7.49. The standard InChI is InChI=1S/C12H13NO3/c1-8(7-9(2)14)13-11-5-3-10(4-6-11)12(15)16/h3-7,13H,1-2H3,(H,15,16). The molecule has 1 rings (SSSR count). The van der Waals surface area contributed by atoms with Crippen molar-refractivity contribution in [2.24, 2.45) is 0 Å². The first-order valence-corrected chi connectivity index (χ1v) is 4.78. The van der Waals surface area contributed by atoms with Crippen molar-refractivity contribution >= 4 is 17.4 Å². The van der Waals surface area contributed by atoms with Gasteiger partial charge in [0.25, 0.3) is 0 Å². The molecule has 0 fully saturated rings. The molecule has 84 valence electrons. The van der Waals surface area contributed by atoms with Crippen molar-refractivity contribution in [1.29, 1.82) is 0 Å². The molecule has 0 spiro atoms. The zero-order valence-corrected chi connectivity index (χ0v) is 9.15. The van der Waals surface area contributed by atoms with E-state index in [1.807, 2.05) is 0 Å². The number of nitrogens with one attached hydrogen (secondary N) is 1. The first-order valence-electron chi connectivity index (χ1n) is 4.78. The Kier molecular flexibility index (Phi) is 3.83. The summed E-state index contributed by atoms with van der Waals surface area (Å²) in [4.78, 5) is 21.4. The van der Waals surface area contributed by atoms with Crippen LogP contribution in [-0.4, -0.2) is 16.9 Å². The number of rotatable bonds is 4. The SMILES string of the molecule is CC(=O)C=C(C)Nc1ccc(C(=O)O)cc1. The molecule has 0 aliphatic carbocycles. The van der Waals surface area contributed by atoms with E-state index in [1.165, 1.54) is 25.1 Å². The molecule has 4 heteroatoms. The van der Waals surface area contributed by atoms with Crippen LogP contribution in [-0.2, 0) is 4.79 Å². The molecular weight excluding hydrogens is 206 g/mol. The molecule has 0 saturated heterocycles. The highest BCUT2D eigenvalue weighted by Gasteiger charge is 2.01. The minimum Gasteiger partial charge on any atom is -0.478 e. The maximum Gasteiger partial charge on any atom is 0.335 e. The zero-order valence-electron chi connectivity index (χ0n) is 9.15. The van der Waals surface area contributed by atoms with Crippen LogP contribution in [0.15, 0.2) is 36.0 Å². The largest absolute Gasteiger partial charge is 0.478 e. The Balaban J connectivity index is 2.76. The summed E-state index contributed by atoms with van der Waals surface area (Å²) in [5, 5.41) is 11.7. The number of allylic oxidation sites excluding steroid dienone is 2. The third-order valence-electron chi connectivity index (χ3n) is 1.89. The van der Waals surface area contributed by atoms with Gasteiger partial charge in [0.2, 0.25) is 0 Å². The van der Waals surface area contributed by atoms with Gasteiger partial charge >= 0.3 is 5.97 Å². The molecule has 16 heavy (non-hydrogen) atoms. The van der Waals surface area contributed by atoms with Gasteiger partial charge in [-0.05, 0) is 44.2 Å². The third kappa shape index (κ3) is 3.57. The second-order valence-electron chi connectivity index (χ2n) is 3.45. The lowest BCUT2D eigenvalue weighted by Crippen LogP contribution is -2.00. The van der Waals surface area contributed by atoms with E-state index in [2.05, 4.69) is 5.32 Å². The molecule has 1 aromatic carbocycles. The topological polar surface area (TPSA) is 66.4 Å². The number of hydrogen-bond acceptors (Lipinski definition) is 3. The van der Waals surface area contributed by atoms with E-state index in [-0.39, 0.29) is 11.3 Å². The molecule has 1 aromatic rings. The van der Waals surface area contributed by atoms with E-state index in [0.29, 0.717) is 0 Å². The van der Waals surface area contributed by atoms with Gasteiger partial charge in [0.1, 0.15) is 0 Å². The van der Waals surface area contributed by atoms with Gasteiger partial charge in [-0.2, -0.15) is 0 Å². The molecular formula is C12H13NO3. The molecule has 0 aliphatic rings. The number of anilines is 1. The van der Waals surface area contributed by atoms with Crippen molar-refractivity contribution < 1.29 is 14.7 Å². The molecule has 0 bridgehead atoms. The van der Waals surface area contributed by atoms with Crippen LogP contribution in [0.1, 0.15) is 24.2 Å². The summed E-state index contributed by atoms with van der Waals surface area (Å²) in [6.07, 6.45) is 1.48. The van der Waals surface area contributed by atoms with E-state index in [1.54, 1.807) is 19.1 Å². The predicted octanol–water partition coefficient (Wildman–Crippen LogP) is 2.29. The number of hydrogen-bond donors (Lipinski definition) is 2. The van der Waals surface area contributed by atoms with Gasteiger partial charge in [-0.25, -0.2) is 4.79 Å². The maximum absolute atomic E-state index is 10.8. The molecule has 2 N–H and O–H groups in total. The van der Waals surface area contributed by atoms with Gasteiger partial charge in [-0.15, -0.1) is 0 Å². The Hall–Kier alpha value is -2.10. The van der Waals surface area contributed by atoms with E-state index in [4.69, 9.17) is 5.11 Å². The summed E-state index contributed by atoms with van der Waals surface area (Å²) in [6, 6.07) is 6.32. The second-order valence-corrected chi connectivity index (χ2v) is 3.45. The van der Waals surface area contributed by atoms with E-state index >= 15 is 0 Å². The lowest BCUT2D eigenvalue weighted by atomic mass is 10.2. The van der Waals surface area contributed by atoms with Crippen LogP contribution in [0.4, 0.5) is 5.69 Å². The first kappa shape index (κ1) is 12.0. The normalized spacial score (nSPS) is 11.0. The Morgan fingerprint density at radius 2 is 1.75 bits per heavy atom. The maximum atomic E-state index is 10.8.